The molecule has 2 heterocycles. The van der Waals surface area contributed by atoms with Gasteiger partial charge in [0.2, 0.25) is 0 Å². The third-order valence-electron chi connectivity index (χ3n) is 4.43. The molecule has 1 aromatic carbocycles. The summed E-state index contributed by atoms with van der Waals surface area (Å²) in [6, 6.07) is 9.93. The van der Waals surface area contributed by atoms with Crippen LogP contribution < -0.4 is 16.4 Å². The summed E-state index contributed by atoms with van der Waals surface area (Å²) >= 11 is 1.68. The van der Waals surface area contributed by atoms with Gasteiger partial charge in [-0.1, -0.05) is 24.3 Å². The Labute approximate surface area is 140 Å². The summed E-state index contributed by atoms with van der Waals surface area (Å²) in [6.07, 6.45) is -0.501. The van der Waals surface area contributed by atoms with Gasteiger partial charge >= 0.3 is 0 Å². The largest absolute Gasteiger partial charge is 0.394 e. The summed E-state index contributed by atoms with van der Waals surface area (Å²) in [7, 11) is 0. The van der Waals surface area contributed by atoms with Crippen LogP contribution in [0.15, 0.2) is 41.1 Å². The predicted molar refractivity (Wildman–Crippen MR) is 93.4 cm³/mol. The lowest BCUT2D eigenvalue weighted by molar-refractivity contribution is 0.172. The van der Waals surface area contributed by atoms with Crippen molar-refractivity contribution in [1.82, 2.24) is 10.6 Å². The van der Waals surface area contributed by atoms with E-state index in [0.717, 1.165) is 5.56 Å². The van der Waals surface area contributed by atoms with Crippen molar-refractivity contribution < 1.29 is 10.2 Å². The van der Waals surface area contributed by atoms with Gasteiger partial charge in [-0.25, -0.2) is 0 Å². The van der Waals surface area contributed by atoms with Crippen LogP contribution in [0.3, 0.4) is 0 Å². The zero-order valence-electron chi connectivity index (χ0n) is 12.9. The number of hydrogen-bond acceptors (Lipinski definition) is 6. The molecule has 124 valence electrons. The Kier molecular flexibility index (Phi) is 5.42. The van der Waals surface area contributed by atoms with Crippen molar-refractivity contribution in [2.45, 2.75) is 24.2 Å². The van der Waals surface area contributed by atoms with E-state index in [1.165, 1.54) is 11.1 Å². The Morgan fingerprint density at radius 2 is 2.04 bits per heavy atom. The molecule has 1 aliphatic heterocycles. The molecule has 23 heavy (non-hydrogen) atoms. The van der Waals surface area contributed by atoms with Crippen LogP contribution >= 0.6 is 11.3 Å². The minimum atomic E-state index is -0.501. The van der Waals surface area contributed by atoms with Crippen molar-refractivity contribution in [3.8, 4) is 11.1 Å². The molecule has 0 aliphatic carbocycles. The molecule has 6 N–H and O–H groups in total. The van der Waals surface area contributed by atoms with Gasteiger partial charge in [-0.05, 0) is 33.5 Å². The Bertz CT molecular complexity index is 603. The number of nitrogens with two attached hydrogens (primary N) is 1. The van der Waals surface area contributed by atoms with Crippen molar-refractivity contribution in [2.75, 3.05) is 19.7 Å². The highest BCUT2D eigenvalue weighted by atomic mass is 32.1. The lowest BCUT2D eigenvalue weighted by Crippen LogP contribution is -2.47. The van der Waals surface area contributed by atoms with E-state index in [1.807, 2.05) is 12.1 Å². The molecule has 0 spiro atoms. The van der Waals surface area contributed by atoms with Crippen LogP contribution in [0.1, 0.15) is 11.6 Å². The standard InChI is InChI=1S/C17H23N3O2S/c18-17-14(20-8-16(17)22)7-19-15(9-21)12-3-1-11(2-4-12)13-5-6-23-10-13/h1-6,10,14-17,19-22H,7-9,18H2/t14-,15+,16+,17-/m1/s1. The lowest BCUT2D eigenvalue weighted by Gasteiger charge is -2.22. The van der Waals surface area contributed by atoms with Gasteiger partial charge in [0.25, 0.3) is 0 Å². The number of β-amino-alcohol motifs (C(OH)–C–C–N with tert-alkyl or cyclic N) is 1. The van der Waals surface area contributed by atoms with E-state index in [-0.39, 0.29) is 24.7 Å². The summed E-state index contributed by atoms with van der Waals surface area (Å²) < 4.78 is 0. The Morgan fingerprint density at radius 1 is 1.26 bits per heavy atom. The van der Waals surface area contributed by atoms with Crippen LogP contribution in [-0.2, 0) is 0 Å². The Balaban J connectivity index is 1.62. The number of thiophene rings is 1. The number of aliphatic hydroxyl groups excluding tert-OH is 2. The van der Waals surface area contributed by atoms with Crippen LogP contribution in [-0.4, -0.2) is 48.1 Å². The monoisotopic (exact) mass is 333 g/mol. The Hall–Kier alpha value is -1.28. The van der Waals surface area contributed by atoms with Gasteiger partial charge in [0.1, 0.15) is 0 Å². The maximum Gasteiger partial charge on any atom is 0.0831 e. The van der Waals surface area contributed by atoms with Crippen molar-refractivity contribution in [1.29, 1.82) is 0 Å². The quantitative estimate of drug-likeness (QED) is 0.537. The fourth-order valence-corrected chi connectivity index (χ4v) is 3.58. The van der Waals surface area contributed by atoms with Crippen LogP contribution in [0.5, 0.6) is 0 Å². The second-order valence-electron chi connectivity index (χ2n) is 5.94. The number of hydrogen-bond donors (Lipinski definition) is 5. The van der Waals surface area contributed by atoms with E-state index in [1.54, 1.807) is 11.3 Å². The first-order valence-electron chi connectivity index (χ1n) is 7.83. The fourth-order valence-electron chi connectivity index (χ4n) is 2.91. The van der Waals surface area contributed by atoms with Crippen molar-refractivity contribution in [3.05, 3.63) is 46.7 Å². The van der Waals surface area contributed by atoms with Crippen LogP contribution in [0.2, 0.25) is 0 Å². The van der Waals surface area contributed by atoms with Gasteiger partial charge in [0, 0.05) is 25.2 Å². The molecular formula is C17H23N3O2S. The minimum Gasteiger partial charge on any atom is -0.394 e. The molecule has 1 fully saturated rings. The summed E-state index contributed by atoms with van der Waals surface area (Å²) in [6.45, 7) is 1.14. The predicted octanol–water partition coefficient (Wildman–Crippen LogP) is 0.698. The number of benzene rings is 1. The van der Waals surface area contributed by atoms with Crippen LogP contribution in [0.25, 0.3) is 11.1 Å². The maximum absolute atomic E-state index is 9.66. The fraction of sp³-hybridized carbons (Fsp3) is 0.412. The molecule has 1 aliphatic rings. The molecule has 0 radical (unpaired) electrons. The topological polar surface area (TPSA) is 90.5 Å². The molecule has 1 aromatic heterocycles. The van der Waals surface area contributed by atoms with E-state index >= 15 is 0 Å². The van der Waals surface area contributed by atoms with Gasteiger partial charge in [0.05, 0.1) is 18.8 Å². The highest BCUT2D eigenvalue weighted by molar-refractivity contribution is 7.08. The molecule has 4 atom stereocenters. The lowest BCUT2D eigenvalue weighted by atomic mass is 10.0. The summed E-state index contributed by atoms with van der Waals surface area (Å²) in [4.78, 5) is 0. The van der Waals surface area contributed by atoms with Crippen molar-refractivity contribution in [2.24, 2.45) is 5.73 Å². The molecule has 0 saturated carbocycles. The number of nitrogens with one attached hydrogen (secondary N) is 2. The van der Waals surface area contributed by atoms with E-state index in [4.69, 9.17) is 5.73 Å². The average Bonchev–Trinajstić information content (AvgIpc) is 3.21. The molecule has 5 nitrogen and oxygen atoms in total. The highest BCUT2D eigenvalue weighted by Gasteiger charge is 2.31. The van der Waals surface area contributed by atoms with Gasteiger partial charge in [-0.2, -0.15) is 11.3 Å². The maximum atomic E-state index is 9.66. The smallest absolute Gasteiger partial charge is 0.0831 e. The van der Waals surface area contributed by atoms with Crippen LogP contribution in [0, 0.1) is 0 Å². The van der Waals surface area contributed by atoms with E-state index in [2.05, 4.69) is 39.6 Å². The second-order valence-corrected chi connectivity index (χ2v) is 6.72. The molecule has 1 saturated heterocycles. The van der Waals surface area contributed by atoms with Gasteiger partial charge in [-0.15, -0.1) is 0 Å². The zero-order chi connectivity index (χ0) is 16.2. The van der Waals surface area contributed by atoms with Crippen LogP contribution in [0.4, 0.5) is 0 Å². The molecule has 3 rings (SSSR count). The molecular weight excluding hydrogens is 310 g/mol. The second kappa shape index (κ2) is 7.53. The van der Waals surface area contributed by atoms with E-state index in [9.17, 15) is 10.2 Å². The Morgan fingerprint density at radius 3 is 2.61 bits per heavy atom. The zero-order valence-corrected chi connectivity index (χ0v) is 13.7. The normalized spacial score (nSPS) is 25.6. The minimum absolute atomic E-state index is 0.0162. The average molecular weight is 333 g/mol. The molecule has 2 aromatic rings. The molecule has 6 heteroatoms. The van der Waals surface area contributed by atoms with E-state index in [0.29, 0.717) is 13.1 Å². The first-order valence-corrected chi connectivity index (χ1v) is 8.77. The van der Waals surface area contributed by atoms with Crippen molar-refractivity contribution in [3.63, 3.8) is 0 Å². The van der Waals surface area contributed by atoms with E-state index < -0.39 is 6.10 Å². The SMILES string of the molecule is N[C@H]1[C@@H](O)CN[C@@H]1CN[C@@H](CO)c1ccc(-c2ccsc2)cc1. The molecule has 0 amide bonds. The third-order valence-corrected chi connectivity index (χ3v) is 5.12. The first kappa shape index (κ1) is 16.6. The summed E-state index contributed by atoms with van der Waals surface area (Å²) in [5.41, 5.74) is 9.38. The molecule has 0 unspecified atom stereocenters. The van der Waals surface area contributed by atoms with Gasteiger partial charge in [-0.3, -0.25) is 0 Å². The summed E-state index contributed by atoms with van der Waals surface area (Å²) in [5.74, 6) is 0. The van der Waals surface area contributed by atoms with Gasteiger partial charge in [0.15, 0.2) is 0 Å². The van der Waals surface area contributed by atoms with Crippen molar-refractivity contribution >= 4 is 11.3 Å². The third kappa shape index (κ3) is 3.80. The summed E-state index contributed by atoms with van der Waals surface area (Å²) in [5, 5.41) is 30.0. The van der Waals surface area contributed by atoms with Gasteiger partial charge < -0.3 is 26.6 Å². The number of aliphatic hydroxyl groups is 2. The first-order chi connectivity index (χ1) is 11.2. The number of rotatable bonds is 6. The highest BCUT2D eigenvalue weighted by Crippen LogP contribution is 2.24. The molecule has 0 bridgehead atoms.